The van der Waals surface area contributed by atoms with Crippen molar-refractivity contribution in [3.05, 3.63) is 29.3 Å². The number of hydrogen-bond acceptors (Lipinski definition) is 3. The van der Waals surface area contributed by atoms with Crippen LogP contribution in [0.4, 0.5) is 0 Å². The molecular weight excluding hydrogens is 230 g/mol. The van der Waals surface area contributed by atoms with Crippen LogP contribution in [0.15, 0.2) is 24.3 Å². The maximum Gasteiger partial charge on any atom is 0.258 e. The van der Waals surface area contributed by atoms with Gasteiger partial charge < -0.3 is 15.2 Å². The Morgan fingerprint density at radius 2 is 2.12 bits per heavy atom. The molecule has 1 aromatic rings. The van der Waals surface area contributed by atoms with Crippen molar-refractivity contribution in [2.75, 3.05) is 13.2 Å². The molecule has 0 unspecified atom stereocenters. The van der Waals surface area contributed by atoms with Crippen LogP contribution in [0.3, 0.4) is 0 Å². The lowest BCUT2D eigenvalue weighted by Crippen LogP contribution is -2.34. The van der Waals surface area contributed by atoms with Crippen LogP contribution in [0.5, 0.6) is 5.75 Å². The highest BCUT2D eigenvalue weighted by atomic mass is 35.5. The molecule has 0 aromatic heterocycles. The van der Waals surface area contributed by atoms with E-state index in [1.807, 2.05) is 0 Å². The fraction of sp³-hybridized carbons (Fsp3) is 0.364. The summed E-state index contributed by atoms with van der Waals surface area (Å²) >= 11 is 5.70. The van der Waals surface area contributed by atoms with Gasteiger partial charge in [0, 0.05) is 11.6 Å². The van der Waals surface area contributed by atoms with Gasteiger partial charge in [-0.05, 0) is 31.2 Å². The molecule has 4 nitrogen and oxygen atoms in total. The van der Waals surface area contributed by atoms with E-state index in [1.54, 1.807) is 31.2 Å². The lowest BCUT2D eigenvalue weighted by Gasteiger charge is -2.08. The van der Waals surface area contributed by atoms with Crippen LogP contribution in [0, 0.1) is 0 Å². The summed E-state index contributed by atoms with van der Waals surface area (Å²) in [6, 6.07) is 6.74. The summed E-state index contributed by atoms with van der Waals surface area (Å²) < 4.78 is 5.20. The van der Waals surface area contributed by atoms with Crippen LogP contribution >= 0.6 is 11.6 Å². The first kappa shape index (κ1) is 12.8. The molecule has 0 bridgehead atoms. The molecule has 0 saturated heterocycles. The molecule has 2 N–H and O–H groups in total. The zero-order valence-corrected chi connectivity index (χ0v) is 9.70. The third-order valence-corrected chi connectivity index (χ3v) is 2.03. The third kappa shape index (κ3) is 5.00. The van der Waals surface area contributed by atoms with Crippen LogP contribution in [-0.4, -0.2) is 30.3 Å². The molecule has 16 heavy (non-hydrogen) atoms. The van der Waals surface area contributed by atoms with Gasteiger partial charge in [0.25, 0.3) is 5.91 Å². The predicted octanol–water partition coefficient (Wildman–Crippen LogP) is 1.22. The van der Waals surface area contributed by atoms with E-state index in [0.29, 0.717) is 10.8 Å². The number of amides is 1. The molecule has 1 amide bonds. The Hall–Kier alpha value is -1.26. The van der Waals surface area contributed by atoms with Gasteiger partial charge in [0.1, 0.15) is 5.75 Å². The summed E-state index contributed by atoms with van der Waals surface area (Å²) in [6.45, 7) is 1.75. The van der Waals surface area contributed by atoms with E-state index in [-0.39, 0.29) is 19.1 Å². The first-order valence-corrected chi connectivity index (χ1v) is 5.29. The van der Waals surface area contributed by atoms with Gasteiger partial charge in [0.15, 0.2) is 6.61 Å². The molecule has 88 valence electrons. The first-order chi connectivity index (χ1) is 7.58. The van der Waals surface area contributed by atoms with E-state index in [9.17, 15) is 4.79 Å². The number of benzene rings is 1. The predicted molar refractivity (Wildman–Crippen MR) is 61.6 cm³/mol. The highest BCUT2D eigenvalue weighted by molar-refractivity contribution is 6.30. The van der Waals surface area contributed by atoms with Crippen LogP contribution in [0.1, 0.15) is 6.92 Å². The number of carbonyl (C=O) groups is 1. The lowest BCUT2D eigenvalue weighted by molar-refractivity contribution is -0.123. The van der Waals surface area contributed by atoms with Crippen LogP contribution in [0.2, 0.25) is 5.02 Å². The SMILES string of the molecule is C[C@@H](O)CNC(=O)COc1ccc(Cl)cc1. The monoisotopic (exact) mass is 243 g/mol. The molecule has 0 spiro atoms. The standard InChI is InChI=1S/C11H14ClNO3/c1-8(14)6-13-11(15)7-16-10-4-2-9(12)3-5-10/h2-5,8,14H,6-7H2,1H3,(H,13,15)/t8-/m1/s1. The summed E-state index contributed by atoms with van der Waals surface area (Å²) in [4.78, 5) is 11.2. The van der Waals surface area contributed by atoms with Crippen molar-refractivity contribution in [1.82, 2.24) is 5.32 Å². The Balaban J connectivity index is 2.29. The summed E-state index contributed by atoms with van der Waals surface area (Å²) in [5, 5.41) is 12.1. The third-order valence-electron chi connectivity index (χ3n) is 1.78. The van der Waals surface area contributed by atoms with Gasteiger partial charge in [-0.1, -0.05) is 11.6 Å². The van der Waals surface area contributed by atoms with E-state index >= 15 is 0 Å². The Morgan fingerprint density at radius 1 is 1.50 bits per heavy atom. The van der Waals surface area contributed by atoms with Crippen molar-refractivity contribution in [2.45, 2.75) is 13.0 Å². The number of ether oxygens (including phenoxy) is 1. The second-order valence-corrected chi connectivity index (χ2v) is 3.83. The number of aliphatic hydroxyl groups excluding tert-OH is 1. The molecule has 0 aliphatic carbocycles. The van der Waals surface area contributed by atoms with Crippen molar-refractivity contribution < 1.29 is 14.6 Å². The number of hydrogen-bond donors (Lipinski definition) is 2. The van der Waals surface area contributed by atoms with Crippen molar-refractivity contribution >= 4 is 17.5 Å². The van der Waals surface area contributed by atoms with Gasteiger partial charge in [-0.2, -0.15) is 0 Å². The van der Waals surface area contributed by atoms with Crippen molar-refractivity contribution in [1.29, 1.82) is 0 Å². The van der Waals surface area contributed by atoms with E-state index in [0.717, 1.165) is 0 Å². The highest BCUT2D eigenvalue weighted by Crippen LogP contribution is 2.15. The van der Waals surface area contributed by atoms with Gasteiger partial charge in [-0.3, -0.25) is 4.79 Å². The number of nitrogens with one attached hydrogen (secondary N) is 1. The minimum absolute atomic E-state index is 0.0750. The highest BCUT2D eigenvalue weighted by Gasteiger charge is 2.03. The average Bonchev–Trinajstić information content (AvgIpc) is 2.25. The van der Waals surface area contributed by atoms with Gasteiger partial charge in [0.2, 0.25) is 0 Å². The number of carbonyl (C=O) groups excluding carboxylic acids is 1. The minimum atomic E-state index is -0.556. The quantitative estimate of drug-likeness (QED) is 0.818. The molecule has 1 rings (SSSR count). The van der Waals surface area contributed by atoms with E-state index < -0.39 is 6.10 Å². The molecule has 0 heterocycles. The fourth-order valence-corrected chi connectivity index (χ4v) is 1.12. The maximum absolute atomic E-state index is 11.2. The van der Waals surface area contributed by atoms with Gasteiger partial charge in [-0.15, -0.1) is 0 Å². The molecule has 5 heteroatoms. The van der Waals surface area contributed by atoms with Gasteiger partial charge >= 0.3 is 0 Å². The Morgan fingerprint density at radius 3 is 2.69 bits per heavy atom. The van der Waals surface area contributed by atoms with E-state index in [4.69, 9.17) is 21.4 Å². The van der Waals surface area contributed by atoms with Crippen molar-refractivity contribution in [3.63, 3.8) is 0 Å². The van der Waals surface area contributed by atoms with E-state index in [1.165, 1.54) is 0 Å². The smallest absolute Gasteiger partial charge is 0.258 e. The zero-order chi connectivity index (χ0) is 12.0. The number of rotatable bonds is 5. The molecule has 0 fully saturated rings. The van der Waals surface area contributed by atoms with Crippen LogP contribution < -0.4 is 10.1 Å². The molecule has 0 radical (unpaired) electrons. The number of aliphatic hydroxyl groups is 1. The normalized spacial score (nSPS) is 11.9. The first-order valence-electron chi connectivity index (χ1n) is 4.91. The molecule has 0 aliphatic rings. The summed E-state index contributed by atoms with van der Waals surface area (Å²) in [5.74, 6) is 0.312. The molecule has 0 saturated carbocycles. The molecule has 1 aromatic carbocycles. The zero-order valence-electron chi connectivity index (χ0n) is 8.94. The minimum Gasteiger partial charge on any atom is -0.484 e. The Labute approximate surface area is 99.2 Å². The fourth-order valence-electron chi connectivity index (χ4n) is 0.992. The second-order valence-electron chi connectivity index (χ2n) is 3.40. The van der Waals surface area contributed by atoms with Crippen LogP contribution in [-0.2, 0) is 4.79 Å². The lowest BCUT2D eigenvalue weighted by atomic mass is 10.3. The number of halogens is 1. The van der Waals surface area contributed by atoms with E-state index in [2.05, 4.69) is 5.32 Å². The van der Waals surface area contributed by atoms with Crippen molar-refractivity contribution in [3.8, 4) is 5.75 Å². The Kier molecular flexibility index (Phi) is 5.08. The molecule has 0 aliphatic heterocycles. The largest absolute Gasteiger partial charge is 0.484 e. The maximum atomic E-state index is 11.2. The summed E-state index contributed by atoms with van der Waals surface area (Å²) in [6.07, 6.45) is -0.556. The van der Waals surface area contributed by atoms with Crippen molar-refractivity contribution in [2.24, 2.45) is 0 Å². The summed E-state index contributed by atoms with van der Waals surface area (Å²) in [5.41, 5.74) is 0. The summed E-state index contributed by atoms with van der Waals surface area (Å²) in [7, 11) is 0. The Bertz CT molecular complexity index is 338. The molecule has 1 atom stereocenters. The van der Waals surface area contributed by atoms with Gasteiger partial charge in [0.05, 0.1) is 6.10 Å². The molecular formula is C11H14ClNO3. The topological polar surface area (TPSA) is 58.6 Å². The average molecular weight is 244 g/mol. The second kappa shape index (κ2) is 6.35. The van der Waals surface area contributed by atoms with Crippen LogP contribution in [0.25, 0.3) is 0 Å². The van der Waals surface area contributed by atoms with Gasteiger partial charge in [-0.25, -0.2) is 0 Å².